The molecule has 0 unspecified atom stereocenters. The van der Waals surface area contributed by atoms with E-state index in [1.807, 2.05) is 0 Å². The molecular weight excluding hydrogens is 218 g/mol. The number of aryl methyl sites for hydroxylation is 1. The highest BCUT2D eigenvalue weighted by Crippen LogP contribution is 2.17. The number of carbonyl (C=O) groups excluding carboxylic acids is 1. The monoisotopic (exact) mass is 235 g/mol. The molecule has 1 fully saturated rings. The van der Waals surface area contributed by atoms with Gasteiger partial charge < -0.3 is 15.2 Å². The van der Waals surface area contributed by atoms with Crippen LogP contribution < -0.4 is 16.2 Å². The zero-order valence-electron chi connectivity index (χ0n) is 10.1. The number of carbonyl (C=O) groups is 1. The van der Waals surface area contributed by atoms with Gasteiger partial charge in [0.2, 0.25) is 11.5 Å². The molecule has 1 aliphatic heterocycles. The van der Waals surface area contributed by atoms with Gasteiger partial charge in [0.25, 0.3) is 0 Å². The number of nitrogens with one attached hydrogen (secondary N) is 2. The Balaban J connectivity index is 2.07. The van der Waals surface area contributed by atoms with Crippen molar-refractivity contribution in [1.82, 2.24) is 9.88 Å². The van der Waals surface area contributed by atoms with Crippen LogP contribution in [0.3, 0.4) is 0 Å². The Hall–Kier alpha value is -1.62. The van der Waals surface area contributed by atoms with Gasteiger partial charge in [-0.2, -0.15) is 0 Å². The molecule has 5 heteroatoms. The second kappa shape index (κ2) is 4.71. The minimum atomic E-state index is -0.0844. The third-order valence-corrected chi connectivity index (χ3v) is 3.21. The van der Waals surface area contributed by atoms with Crippen LogP contribution in [-0.4, -0.2) is 23.6 Å². The molecule has 2 heterocycles. The molecule has 1 aromatic rings. The number of hydrogen-bond donors (Lipinski definition) is 2. The third kappa shape index (κ3) is 2.55. The van der Waals surface area contributed by atoms with Crippen LogP contribution in [0.2, 0.25) is 0 Å². The molecule has 2 rings (SSSR count). The number of pyridine rings is 1. The van der Waals surface area contributed by atoms with Gasteiger partial charge in [-0.25, -0.2) is 0 Å². The minimum Gasteiger partial charge on any atom is -0.324 e. The van der Waals surface area contributed by atoms with E-state index in [1.54, 1.807) is 19.3 Å². The summed E-state index contributed by atoms with van der Waals surface area (Å²) >= 11 is 0. The van der Waals surface area contributed by atoms with Crippen LogP contribution in [0.1, 0.15) is 6.92 Å². The number of rotatable bonds is 2. The maximum atomic E-state index is 12.0. The smallest absolute Gasteiger partial charge is 0.250 e. The SMILES string of the molecule is C[C@@H]1CNC[C@H]1C(=O)Nc1ccc(=O)n(C)c1. The Morgan fingerprint density at radius 2 is 2.24 bits per heavy atom. The second-order valence-electron chi connectivity index (χ2n) is 4.60. The lowest BCUT2D eigenvalue weighted by Gasteiger charge is -2.14. The number of nitrogens with zero attached hydrogens (tertiary/aromatic N) is 1. The molecule has 17 heavy (non-hydrogen) atoms. The Kier molecular flexibility index (Phi) is 3.28. The predicted molar refractivity (Wildman–Crippen MR) is 65.8 cm³/mol. The molecule has 1 saturated heterocycles. The first kappa shape index (κ1) is 11.9. The number of aromatic nitrogens is 1. The molecule has 1 amide bonds. The summed E-state index contributed by atoms with van der Waals surface area (Å²) in [5.41, 5.74) is 0.579. The van der Waals surface area contributed by atoms with Crippen LogP contribution >= 0.6 is 0 Å². The fraction of sp³-hybridized carbons (Fsp3) is 0.500. The summed E-state index contributed by atoms with van der Waals surface area (Å²) < 4.78 is 1.45. The number of hydrogen-bond acceptors (Lipinski definition) is 3. The highest BCUT2D eigenvalue weighted by molar-refractivity contribution is 5.92. The largest absolute Gasteiger partial charge is 0.324 e. The predicted octanol–water partition coefficient (Wildman–Crippen LogP) is 0.179. The van der Waals surface area contributed by atoms with Crippen LogP contribution in [-0.2, 0) is 11.8 Å². The average molecular weight is 235 g/mol. The van der Waals surface area contributed by atoms with Crippen molar-refractivity contribution in [1.29, 1.82) is 0 Å². The van der Waals surface area contributed by atoms with Crippen molar-refractivity contribution in [3.05, 3.63) is 28.7 Å². The van der Waals surface area contributed by atoms with E-state index in [0.29, 0.717) is 11.6 Å². The summed E-state index contributed by atoms with van der Waals surface area (Å²) in [7, 11) is 1.66. The van der Waals surface area contributed by atoms with Crippen molar-refractivity contribution in [2.45, 2.75) is 6.92 Å². The summed E-state index contributed by atoms with van der Waals surface area (Å²) in [5, 5.41) is 6.04. The Labute approximate surface area is 99.8 Å². The molecule has 1 aromatic heterocycles. The standard InChI is InChI=1S/C12H17N3O2/c1-8-5-13-6-10(8)12(17)14-9-3-4-11(16)15(2)7-9/h3-4,7-8,10,13H,5-6H2,1-2H3,(H,14,17)/t8-,10-/m1/s1. The van der Waals surface area contributed by atoms with Crippen molar-refractivity contribution in [2.75, 3.05) is 18.4 Å². The summed E-state index contributed by atoms with van der Waals surface area (Å²) in [4.78, 5) is 23.2. The van der Waals surface area contributed by atoms with Gasteiger partial charge in [-0.05, 0) is 18.5 Å². The van der Waals surface area contributed by atoms with Crippen LogP contribution in [0.4, 0.5) is 5.69 Å². The third-order valence-electron chi connectivity index (χ3n) is 3.21. The molecule has 0 saturated carbocycles. The summed E-state index contributed by atoms with van der Waals surface area (Å²) in [6, 6.07) is 3.08. The maximum absolute atomic E-state index is 12.0. The Bertz CT molecular complexity index is 481. The van der Waals surface area contributed by atoms with Gasteiger partial charge in [0.1, 0.15) is 0 Å². The molecule has 92 valence electrons. The first-order valence-corrected chi connectivity index (χ1v) is 5.76. The van der Waals surface area contributed by atoms with Gasteiger partial charge in [0.15, 0.2) is 0 Å². The van der Waals surface area contributed by atoms with Crippen molar-refractivity contribution < 1.29 is 4.79 Å². The van der Waals surface area contributed by atoms with Crippen molar-refractivity contribution in [3.63, 3.8) is 0 Å². The van der Waals surface area contributed by atoms with E-state index in [4.69, 9.17) is 0 Å². The molecule has 0 bridgehead atoms. The molecule has 0 radical (unpaired) electrons. The van der Waals surface area contributed by atoms with Crippen molar-refractivity contribution in [2.24, 2.45) is 18.9 Å². The lowest BCUT2D eigenvalue weighted by Crippen LogP contribution is -2.28. The average Bonchev–Trinajstić information content (AvgIpc) is 2.70. The highest BCUT2D eigenvalue weighted by Gasteiger charge is 2.29. The summed E-state index contributed by atoms with van der Waals surface area (Å²) in [5.74, 6) is 0.371. The lowest BCUT2D eigenvalue weighted by atomic mass is 9.97. The van der Waals surface area contributed by atoms with Gasteiger partial charge in [-0.1, -0.05) is 6.92 Å². The fourth-order valence-corrected chi connectivity index (χ4v) is 2.06. The summed E-state index contributed by atoms with van der Waals surface area (Å²) in [6.07, 6.45) is 1.63. The van der Waals surface area contributed by atoms with Gasteiger partial charge >= 0.3 is 0 Å². The number of anilines is 1. The maximum Gasteiger partial charge on any atom is 0.250 e. The molecule has 2 atom stereocenters. The first-order chi connectivity index (χ1) is 8.08. The van der Waals surface area contributed by atoms with Crippen LogP contribution in [0, 0.1) is 11.8 Å². The molecule has 1 aliphatic rings. The zero-order valence-corrected chi connectivity index (χ0v) is 10.1. The van der Waals surface area contributed by atoms with Gasteiger partial charge in [0, 0.05) is 25.9 Å². The van der Waals surface area contributed by atoms with Crippen LogP contribution in [0.25, 0.3) is 0 Å². The number of amides is 1. The highest BCUT2D eigenvalue weighted by atomic mass is 16.2. The molecule has 0 spiro atoms. The van der Waals surface area contributed by atoms with Crippen molar-refractivity contribution >= 4 is 11.6 Å². The Morgan fingerprint density at radius 1 is 1.47 bits per heavy atom. The second-order valence-corrected chi connectivity index (χ2v) is 4.60. The molecule has 0 aromatic carbocycles. The normalized spacial score (nSPS) is 23.6. The molecular formula is C12H17N3O2. The lowest BCUT2D eigenvalue weighted by molar-refractivity contribution is -0.120. The van der Waals surface area contributed by atoms with E-state index in [2.05, 4.69) is 17.6 Å². The molecule has 2 N–H and O–H groups in total. The van der Waals surface area contributed by atoms with E-state index >= 15 is 0 Å². The fourth-order valence-electron chi connectivity index (χ4n) is 2.06. The quantitative estimate of drug-likeness (QED) is 0.768. The van der Waals surface area contributed by atoms with E-state index in [-0.39, 0.29) is 17.4 Å². The van der Waals surface area contributed by atoms with E-state index in [1.165, 1.54) is 10.6 Å². The molecule has 5 nitrogen and oxygen atoms in total. The first-order valence-electron chi connectivity index (χ1n) is 5.76. The topological polar surface area (TPSA) is 63.1 Å². The molecule has 0 aliphatic carbocycles. The van der Waals surface area contributed by atoms with Crippen LogP contribution in [0.5, 0.6) is 0 Å². The van der Waals surface area contributed by atoms with Gasteiger partial charge in [-0.15, -0.1) is 0 Å². The van der Waals surface area contributed by atoms with E-state index in [9.17, 15) is 9.59 Å². The van der Waals surface area contributed by atoms with E-state index in [0.717, 1.165) is 13.1 Å². The minimum absolute atomic E-state index is 0.00670. The van der Waals surface area contributed by atoms with Crippen LogP contribution in [0.15, 0.2) is 23.1 Å². The zero-order chi connectivity index (χ0) is 12.4. The summed E-state index contributed by atoms with van der Waals surface area (Å²) in [6.45, 7) is 3.66. The van der Waals surface area contributed by atoms with Gasteiger partial charge in [0.05, 0.1) is 11.6 Å². The van der Waals surface area contributed by atoms with Gasteiger partial charge in [-0.3, -0.25) is 9.59 Å². The van der Waals surface area contributed by atoms with Crippen molar-refractivity contribution in [3.8, 4) is 0 Å². The van der Waals surface area contributed by atoms with E-state index < -0.39 is 0 Å². The Morgan fingerprint density at radius 3 is 2.82 bits per heavy atom.